The Hall–Kier alpha value is -1.78. The van der Waals surface area contributed by atoms with Crippen molar-refractivity contribution in [2.75, 3.05) is 13.2 Å². The number of halogens is 1. The first-order valence-corrected chi connectivity index (χ1v) is 8.33. The zero-order valence-electron chi connectivity index (χ0n) is 13.0. The van der Waals surface area contributed by atoms with Crippen LogP contribution < -0.4 is 15.2 Å². The second kappa shape index (κ2) is 8.75. The topological polar surface area (TPSA) is 44.5 Å². The maximum Gasteiger partial charge on any atom is 0.179 e. The fourth-order valence-corrected chi connectivity index (χ4v) is 2.59. The molecule has 122 valence electrons. The van der Waals surface area contributed by atoms with Gasteiger partial charge >= 0.3 is 0 Å². The molecule has 0 aliphatic heterocycles. The van der Waals surface area contributed by atoms with Crippen LogP contribution in [-0.2, 0) is 6.42 Å². The molecule has 0 saturated carbocycles. The van der Waals surface area contributed by atoms with Gasteiger partial charge in [0.1, 0.15) is 4.99 Å². The summed E-state index contributed by atoms with van der Waals surface area (Å²) in [6, 6.07) is 13.8. The van der Waals surface area contributed by atoms with Crippen LogP contribution in [-0.4, -0.2) is 18.2 Å². The minimum absolute atomic E-state index is 0.281. The van der Waals surface area contributed by atoms with Crippen molar-refractivity contribution in [3.63, 3.8) is 0 Å². The van der Waals surface area contributed by atoms with Crippen LogP contribution in [0.4, 0.5) is 0 Å². The molecular formula is C18H20ClNO2S. The molecule has 0 aromatic heterocycles. The predicted octanol–water partition coefficient (Wildman–Crippen LogP) is 4.38. The van der Waals surface area contributed by atoms with Gasteiger partial charge in [0, 0.05) is 5.56 Å². The van der Waals surface area contributed by atoms with Crippen molar-refractivity contribution in [2.24, 2.45) is 5.73 Å². The van der Waals surface area contributed by atoms with Crippen molar-refractivity contribution in [2.45, 2.75) is 19.8 Å². The minimum atomic E-state index is 0.281. The molecule has 0 aliphatic carbocycles. The molecule has 23 heavy (non-hydrogen) atoms. The SMILES string of the molecule is CCOc1cc(C(N)=S)cc(Cl)c1OCCCc1ccccc1. The minimum Gasteiger partial charge on any atom is -0.490 e. The predicted molar refractivity (Wildman–Crippen MR) is 98.8 cm³/mol. The van der Waals surface area contributed by atoms with E-state index in [1.807, 2.05) is 25.1 Å². The largest absolute Gasteiger partial charge is 0.490 e. The Bertz CT molecular complexity index is 662. The zero-order valence-corrected chi connectivity index (χ0v) is 14.6. The van der Waals surface area contributed by atoms with Crippen molar-refractivity contribution in [3.05, 3.63) is 58.6 Å². The van der Waals surface area contributed by atoms with E-state index in [0.29, 0.717) is 35.3 Å². The number of rotatable bonds is 8. The highest BCUT2D eigenvalue weighted by molar-refractivity contribution is 7.80. The summed E-state index contributed by atoms with van der Waals surface area (Å²) in [6.45, 7) is 2.97. The highest BCUT2D eigenvalue weighted by atomic mass is 35.5. The summed E-state index contributed by atoms with van der Waals surface area (Å²) in [5.74, 6) is 1.11. The summed E-state index contributed by atoms with van der Waals surface area (Å²) >= 11 is 11.3. The van der Waals surface area contributed by atoms with Crippen LogP contribution in [0.1, 0.15) is 24.5 Å². The van der Waals surface area contributed by atoms with E-state index in [9.17, 15) is 0 Å². The number of hydrogen-bond donors (Lipinski definition) is 1. The van der Waals surface area contributed by atoms with Gasteiger partial charge in [0.15, 0.2) is 11.5 Å². The van der Waals surface area contributed by atoms with Crippen LogP contribution in [0.3, 0.4) is 0 Å². The molecule has 0 bridgehead atoms. The van der Waals surface area contributed by atoms with Crippen molar-refractivity contribution in [3.8, 4) is 11.5 Å². The lowest BCUT2D eigenvalue weighted by Gasteiger charge is -2.15. The van der Waals surface area contributed by atoms with E-state index in [1.54, 1.807) is 12.1 Å². The van der Waals surface area contributed by atoms with Crippen LogP contribution in [0, 0.1) is 0 Å². The quantitative estimate of drug-likeness (QED) is 0.567. The Morgan fingerprint density at radius 2 is 1.91 bits per heavy atom. The molecule has 0 atom stereocenters. The molecule has 3 nitrogen and oxygen atoms in total. The lowest BCUT2D eigenvalue weighted by atomic mass is 10.1. The molecular weight excluding hydrogens is 330 g/mol. The molecule has 0 spiro atoms. The van der Waals surface area contributed by atoms with Gasteiger partial charge in [0.2, 0.25) is 0 Å². The summed E-state index contributed by atoms with van der Waals surface area (Å²) in [4.78, 5) is 0.281. The molecule has 5 heteroatoms. The first-order valence-electron chi connectivity index (χ1n) is 7.54. The molecule has 2 rings (SSSR count). The number of benzene rings is 2. The summed E-state index contributed by atoms with van der Waals surface area (Å²) in [5, 5.41) is 0.457. The first-order chi connectivity index (χ1) is 11.1. The maximum absolute atomic E-state index is 6.29. The van der Waals surface area contributed by atoms with E-state index in [2.05, 4.69) is 12.1 Å². The second-order valence-corrected chi connectivity index (χ2v) is 5.87. The van der Waals surface area contributed by atoms with Gasteiger partial charge in [-0.15, -0.1) is 0 Å². The fourth-order valence-electron chi connectivity index (χ4n) is 2.21. The molecule has 0 amide bonds. The molecule has 0 saturated heterocycles. The molecule has 0 heterocycles. The maximum atomic E-state index is 6.29. The second-order valence-electron chi connectivity index (χ2n) is 5.02. The number of aryl methyl sites for hydroxylation is 1. The normalized spacial score (nSPS) is 10.3. The third-order valence-electron chi connectivity index (χ3n) is 3.29. The lowest BCUT2D eigenvalue weighted by Crippen LogP contribution is -2.10. The molecule has 0 fully saturated rings. The van der Waals surface area contributed by atoms with Crippen LogP contribution in [0.25, 0.3) is 0 Å². The summed E-state index contributed by atoms with van der Waals surface area (Å²) < 4.78 is 11.4. The monoisotopic (exact) mass is 349 g/mol. The standard InChI is InChI=1S/C18H20ClNO2S/c1-2-21-16-12-14(18(20)23)11-15(19)17(16)22-10-6-9-13-7-4-3-5-8-13/h3-5,7-8,11-12H,2,6,9-10H2,1H3,(H2,20,23). The molecule has 0 unspecified atom stereocenters. The van der Waals surface area contributed by atoms with Gasteiger partial charge in [-0.25, -0.2) is 0 Å². The highest BCUT2D eigenvalue weighted by Crippen LogP contribution is 2.36. The Morgan fingerprint density at radius 1 is 1.17 bits per heavy atom. The van der Waals surface area contributed by atoms with Crippen LogP contribution >= 0.6 is 23.8 Å². The Balaban J connectivity index is 2.02. The molecule has 2 aromatic carbocycles. The van der Waals surface area contributed by atoms with Gasteiger partial charge in [0.25, 0.3) is 0 Å². The summed E-state index contributed by atoms with van der Waals surface area (Å²) in [7, 11) is 0. The Labute approximate surface area is 147 Å². The average molecular weight is 350 g/mol. The zero-order chi connectivity index (χ0) is 16.7. The fraction of sp³-hybridized carbons (Fsp3) is 0.278. The summed E-state index contributed by atoms with van der Waals surface area (Å²) in [5.41, 5.74) is 7.62. The van der Waals surface area contributed by atoms with E-state index in [-0.39, 0.29) is 4.99 Å². The van der Waals surface area contributed by atoms with Crippen molar-refractivity contribution in [1.29, 1.82) is 0 Å². The molecule has 2 aromatic rings. The van der Waals surface area contributed by atoms with E-state index >= 15 is 0 Å². The van der Waals surface area contributed by atoms with Gasteiger partial charge in [-0.05, 0) is 37.5 Å². The molecule has 0 radical (unpaired) electrons. The lowest BCUT2D eigenvalue weighted by molar-refractivity contribution is 0.274. The molecule has 2 N–H and O–H groups in total. The van der Waals surface area contributed by atoms with Crippen molar-refractivity contribution >= 4 is 28.8 Å². The third kappa shape index (κ3) is 5.12. The average Bonchev–Trinajstić information content (AvgIpc) is 2.54. The van der Waals surface area contributed by atoms with Gasteiger partial charge in [-0.2, -0.15) is 0 Å². The Kier molecular flexibility index (Phi) is 6.68. The highest BCUT2D eigenvalue weighted by Gasteiger charge is 2.13. The van der Waals surface area contributed by atoms with Gasteiger partial charge in [-0.1, -0.05) is 54.2 Å². The van der Waals surface area contributed by atoms with Gasteiger partial charge < -0.3 is 15.2 Å². The number of nitrogens with two attached hydrogens (primary N) is 1. The van der Waals surface area contributed by atoms with Crippen LogP contribution in [0.5, 0.6) is 11.5 Å². The smallest absolute Gasteiger partial charge is 0.179 e. The third-order valence-corrected chi connectivity index (χ3v) is 3.81. The van der Waals surface area contributed by atoms with E-state index in [4.69, 9.17) is 39.0 Å². The Morgan fingerprint density at radius 3 is 2.57 bits per heavy atom. The van der Waals surface area contributed by atoms with Crippen molar-refractivity contribution < 1.29 is 9.47 Å². The van der Waals surface area contributed by atoms with Gasteiger partial charge in [-0.3, -0.25) is 0 Å². The number of ether oxygens (including phenoxy) is 2. The first kappa shape index (κ1) is 17.6. The molecule has 0 aliphatic rings. The van der Waals surface area contributed by atoms with Crippen LogP contribution in [0.15, 0.2) is 42.5 Å². The number of hydrogen-bond acceptors (Lipinski definition) is 3. The van der Waals surface area contributed by atoms with E-state index < -0.39 is 0 Å². The van der Waals surface area contributed by atoms with Gasteiger partial charge in [0.05, 0.1) is 18.2 Å². The summed E-state index contributed by atoms with van der Waals surface area (Å²) in [6.07, 6.45) is 1.84. The van der Waals surface area contributed by atoms with E-state index in [0.717, 1.165) is 12.8 Å². The van der Waals surface area contributed by atoms with Crippen molar-refractivity contribution in [1.82, 2.24) is 0 Å². The van der Waals surface area contributed by atoms with Crippen LogP contribution in [0.2, 0.25) is 5.02 Å². The van der Waals surface area contributed by atoms with E-state index in [1.165, 1.54) is 5.56 Å². The number of thiocarbonyl (C=S) groups is 1.